The fourth-order valence-electron chi connectivity index (χ4n) is 2.50. The van der Waals surface area contributed by atoms with E-state index in [1.54, 1.807) is 12.1 Å². The van der Waals surface area contributed by atoms with Crippen LogP contribution in [-0.4, -0.2) is 20.9 Å². The molecule has 23 heavy (non-hydrogen) atoms. The summed E-state index contributed by atoms with van der Waals surface area (Å²) in [5, 5.41) is 3.75. The number of carbonyl (C=O) groups excluding carboxylic acids is 1. The third-order valence-electron chi connectivity index (χ3n) is 3.50. The van der Waals surface area contributed by atoms with Gasteiger partial charge in [0.2, 0.25) is 5.56 Å². The van der Waals surface area contributed by atoms with Crippen molar-refractivity contribution in [1.29, 1.82) is 0 Å². The smallest absolute Gasteiger partial charge is 0.275 e. The number of anilines is 1. The molecule has 0 aliphatic carbocycles. The molecule has 6 heteroatoms. The van der Waals surface area contributed by atoms with Crippen LogP contribution in [0.1, 0.15) is 29.4 Å². The number of pyridine rings is 1. The van der Waals surface area contributed by atoms with Gasteiger partial charge in [0, 0.05) is 29.5 Å². The molecule has 0 saturated carbocycles. The number of fused-ring (bicyclic) bond motifs is 1. The third kappa shape index (κ3) is 3.26. The molecule has 2 N–H and O–H groups in total. The molecule has 6 nitrogen and oxygen atoms in total. The standard InChI is InChI=1S/C17H16N4O2/c1-2-3-11-8-16(22)21-14-9-12(4-5-13(11)14)20-17(23)15-10-18-6-7-19-15/h4-10H,2-3H2,1H3,(H,20,23)(H,21,22). The number of rotatable bonds is 4. The summed E-state index contributed by atoms with van der Waals surface area (Å²) in [6, 6.07) is 7.10. The molecule has 0 radical (unpaired) electrons. The van der Waals surface area contributed by atoms with E-state index in [0.29, 0.717) is 11.2 Å². The molecule has 1 amide bonds. The number of aromatic nitrogens is 3. The zero-order valence-corrected chi connectivity index (χ0v) is 12.7. The van der Waals surface area contributed by atoms with Gasteiger partial charge in [0.25, 0.3) is 5.91 Å². The molecule has 0 fully saturated rings. The average Bonchev–Trinajstić information content (AvgIpc) is 2.55. The number of amides is 1. The van der Waals surface area contributed by atoms with Crippen LogP contribution in [0.2, 0.25) is 0 Å². The van der Waals surface area contributed by atoms with Crippen molar-refractivity contribution in [3.05, 3.63) is 64.5 Å². The molecule has 0 spiro atoms. The SMILES string of the molecule is CCCc1cc(=O)[nH]c2cc(NC(=O)c3cnccn3)ccc12. The van der Waals surface area contributed by atoms with Crippen LogP contribution in [0.25, 0.3) is 10.9 Å². The molecule has 2 aromatic heterocycles. The van der Waals surface area contributed by atoms with E-state index in [2.05, 4.69) is 27.2 Å². The van der Waals surface area contributed by atoms with Crippen molar-refractivity contribution >= 4 is 22.5 Å². The minimum Gasteiger partial charge on any atom is -0.322 e. The number of nitrogens with zero attached hydrogens (tertiary/aromatic N) is 2. The molecule has 3 rings (SSSR count). The Kier molecular flexibility index (Phi) is 4.14. The van der Waals surface area contributed by atoms with E-state index in [4.69, 9.17) is 0 Å². The number of nitrogens with one attached hydrogen (secondary N) is 2. The lowest BCUT2D eigenvalue weighted by atomic mass is 10.0. The van der Waals surface area contributed by atoms with E-state index in [9.17, 15) is 9.59 Å². The van der Waals surface area contributed by atoms with Crippen molar-refractivity contribution in [3.8, 4) is 0 Å². The highest BCUT2D eigenvalue weighted by atomic mass is 16.2. The fraction of sp³-hybridized carbons (Fsp3) is 0.176. The molecule has 0 unspecified atom stereocenters. The number of benzene rings is 1. The van der Waals surface area contributed by atoms with Gasteiger partial charge in [-0.1, -0.05) is 19.4 Å². The number of hydrogen-bond donors (Lipinski definition) is 2. The van der Waals surface area contributed by atoms with Crippen LogP contribution < -0.4 is 10.9 Å². The van der Waals surface area contributed by atoms with Gasteiger partial charge in [0.15, 0.2) is 0 Å². The van der Waals surface area contributed by atoms with E-state index in [1.807, 2.05) is 12.1 Å². The second-order valence-electron chi connectivity index (χ2n) is 5.21. The summed E-state index contributed by atoms with van der Waals surface area (Å²) < 4.78 is 0. The Morgan fingerprint density at radius 3 is 2.87 bits per heavy atom. The van der Waals surface area contributed by atoms with Gasteiger partial charge in [-0.25, -0.2) is 4.98 Å². The minimum absolute atomic E-state index is 0.140. The quantitative estimate of drug-likeness (QED) is 0.775. The van der Waals surface area contributed by atoms with Gasteiger partial charge in [-0.05, 0) is 24.1 Å². The number of aryl methyl sites for hydroxylation is 1. The van der Waals surface area contributed by atoms with Crippen molar-refractivity contribution in [1.82, 2.24) is 15.0 Å². The van der Waals surface area contributed by atoms with Crippen LogP contribution in [0, 0.1) is 0 Å². The molecule has 3 aromatic rings. The molecule has 2 heterocycles. The maximum Gasteiger partial charge on any atom is 0.275 e. The first kappa shape index (κ1) is 14.9. The van der Waals surface area contributed by atoms with Gasteiger partial charge in [-0.2, -0.15) is 0 Å². The largest absolute Gasteiger partial charge is 0.322 e. The van der Waals surface area contributed by atoms with Crippen LogP contribution in [0.15, 0.2) is 47.7 Å². The van der Waals surface area contributed by atoms with Crippen molar-refractivity contribution in [2.45, 2.75) is 19.8 Å². The number of hydrogen-bond acceptors (Lipinski definition) is 4. The zero-order chi connectivity index (χ0) is 16.2. The maximum absolute atomic E-state index is 12.1. The Bertz CT molecular complexity index is 903. The second-order valence-corrected chi connectivity index (χ2v) is 5.21. The Hall–Kier alpha value is -3.02. The Morgan fingerprint density at radius 1 is 1.26 bits per heavy atom. The number of aromatic amines is 1. The highest BCUT2D eigenvalue weighted by Crippen LogP contribution is 2.21. The molecule has 0 atom stereocenters. The van der Waals surface area contributed by atoms with Crippen LogP contribution in [-0.2, 0) is 6.42 Å². The van der Waals surface area contributed by atoms with Gasteiger partial charge in [0.1, 0.15) is 5.69 Å². The van der Waals surface area contributed by atoms with E-state index in [0.717, 1.165) is 23.8 Å². The van der Waals surface area contributed by atoms with Crippen LogP contribution in [0.3, 0.4) is 0 Å². The monoisotopic (exact) mass is 308 g/mol. The topological polar surface area (TPSA) is 87.7 Å². The molecule has 0 aliphatic heterocycles. The summed E-state index contributed by atoms with van der Waals surface area (Å²) >= 11 is 0. The first-order valence-electron chi connectivity index (χ1n) is 7.40. The first-order valence-corrected chi connectivity index (χ1v) is 7.40. The fourth-order valence-corrected chi connectivity index (χ4v) is 2.50. The van der Waals surface area contributed by atoms with Crippen LogP contribution in [0.4, 0.5) is 5.69 Å². The van der Waals surface area contributed by atoms with Gasteiger partial charge in [-0.3, -0.25) is 14.6 Å². The van der Waals surface area contributed by atoms with Gasteiger partial charge < -0.3 is 10.3 Å². The van der Waals surface area contributed by atoms with Crippen molar-refractivity contribution < 1.29 is 4.79 Å². The Morgan fingerprint density at radius 2 is 2.13 bits per heavy atom. The summed E-state index contributed by atoms with van der Waals surface area (Å²) in [5.74, 6) is -0.343. The molecule has 116 valence electrons. The normalized spacial score (nSPS) is 10.7. The average molecular weight is 308 g/mol. The number of H-pyrrole nitrogens is 1. The lowest BCUT2D eigenvalue weighted by molar-refractivity contribution is 0.102. The van der Waals surface area contributed by atoms with E-state index >= 15 is 0 Å². The highest BCUT2D eigenvalue weighted by Gasteiger charge is 2.09. The molecule has 0 bridgehead atoms. The lowest BCUT2D eigenvalue weighted by Crippen LogP contribution is -2.14. The molecule has 0 saturated heterocycles. The van der Waals surface area contributed by atoms with E-state index < -0.39 is 0 Å². The molecular weight excluding hydrogens is 292 g/mol. The maximum atomic E-state index is 12.1. The van der Waals surface area contributed by atoms with Gasteiger partial charge in [-0.15, -0.1) is 0 Å². The summed E-state index contributed by atoms with van der Waals surface area (Å²) in [5.41, 5.74) is 2.41. The minimum atomic E-state index is -0.343. The highest BCUT2D eigenvalue weighted by molar-refractivity contribution is 6.03. The third-order valence-corrected chi connectivity index (χ3v) is 3.50. The van der Waals surface area contributed by atoms with Gasteiger partial charge >= 0.3 is 0 Å². The summed E-state index contributed by atoms with van der Waals surface area (Å²) in [6.07, 6.45) is 6.17. The van der Waals surface area contributed by atoms with E-state index in [-0.39, 0.29) is 17.2 Å². The van der Waals surface area contributed by atoms with Crippen molar-refractivity contribution in [3.63, 3.8) is 0 Å². The Balaban J connectivity index is 1.94. The lowest BCUT2D eigenvalue weighted by Gasteiger charge is -2.08. The van der Waals surface area contributed by atoms with Crippen LogP contribution >= 0.6 is 0 Å². The molecular formula is C17H16N4O2. The molecule has 0 aliphatic rings. The van der Waals surface area contributed by atoms with Crippen molar-refractivity contribution in [2.24, 2.45) is 0 Å². The summed E-state index contributed by atoms with van der Waals surface area (Å²) in [7, 11) is 0. The summed E-state index contributed by atoms with van der Waals surface area (Å²) in [4.78, 5) is 34.5. The number of carbonyl (C=O) groups is 1. The first-order chi connectivity index (χ1) is 11.2. The Labute approximate surface area is 132 Å². The van der Waals surface area contributed by atoms with E-state index in [1.165, 1.54) is 18.6 Å². The van der Waals surface area contributed by atoms with Crippen LogP contribution in [0.5, 0.6) is 0 Å². The zero-order valence-electron chi connectivity index (χ0n) is 12.7. The van der Waals surface area contributed by atoms with Crippen molar-refractivity contribution in [2.75, 3.05) is 5.32 Å². The predicted molar refractivity (Wildman–Crippen MR) is 88.5 cm³/mol. The predicted octanol–water partition coefficient (Wildman–Crippen LogP) is 2.52. The molecule has 1 aromatic carbocycles. The van der Waals surface area contributed by atoms with Gasteiger partial charge in [0.05, 0.1) is 11.7 Å². The second kappa shape index (κ2) is 6.39. The summed E-state index contributed by atoms with van der Waals surface area (Å²) in [6.45, 7) is 2.07.